The Morgan fingerprint density at radius 1 is 0.469 bits per heavy atom. The Bertz CT molecular complexity index is 2850. The maximum absolute atomic E-state index is 6.19. The van der Waals surface area contributed by atoms with E-state index in [4.69, 9.17) is 4.42 Å². The van der Waals surface area contributed by atoms with Crippen LogP contribution in [0.1, 0.15) is 0 Å². The first-order valence-electron chi connectivity index (χ1n) is 16.5. The number of fused-ring (bicyclic) bond motifs is 8. The van der Waals surface area contributed by atoms with Gasteiger partial charge in [0, 0.05) is 56.7 Å². The molecule has 7 aromatic carbocycles. The summed E-state index contributed by atoms with van der Waals surface area (Å²) in [5.74, 6) is 0. The minimum Gasteiger partial charge on any atom is -0.456 e. The van der Waals surface area contributed by atoms with E-state index in [-0.39, 0.29) is 0 Å². The van der Waals surface area contributed by atoms with Crippen LogP contribution in [0.15, 0.2) is 181 Å². The molecule has 0 atom stereocenters. The lowest BCUT2D eigenvalue weighted by molar-refractivity contribution is 0.668. The number of rotatable bonds is 5. The normalized spacial score (nSPS) is 11.7. The van der Waals surface area contributed by atoms with Crippen LogP contribution in [-0.2, 0) is 0 Å². The second kappa shape index (κ2) is 11.0. The van der Waals surface area contributed by atoms with Gasteiger partial charge in [-0.1, -0.05) is 97.1 Å². The summed E-state index contributed by atoms with van der Waals surface area (Å²) in [5, 5.41) is 7.07. The first kappa shape index (κ1) is 27.5. The minimum absolute atomic E-state index is 0.834. The number of para-hydroxylation sites is 1. The smallest absolute Gasteiger partial charge is 0.138 e. The van der Waals surface area contributed by atoms with Gasteiger partial charge in [0.15, 0.2) is 0 Å². The number of hydrogen-bond donors (Lipinski definition) is 0. The minimum atomic E-state index is 0.834. The molecule has 4 nitrogen and oxygen atoms in total. The molecule has 4 heteroatoms. The molecule has 0 saturated heterocycles. The summed E-state index contributed by atoms with van der Waals surface area (Å²) in [4.78, 5) is 6.74. The van der Waals surface area contributed by atoms with Crippen LogP contribution in [0.25, 0.3) is 71.3 Å². The highest BCUT2D eigenvalue weighted by atomic mass is 16.3. The van der Waals surface area contributed by atoms with Crippen molar-refractivity contribution in [3.05, 3.63) is 176 Å². The third-order valence-corrected chi connectivity index (χ3v) is 9.63. The highest BCUT2D eigenvalue weighted by Crippen LogP contribution is 2.42. The Kier molecular flexibility index (Phi) is 6.15. The molecule has 3 aromatic heterocycles. The molecule has 0 fully saturated rings. The highest BCUT2D eigenvalue weighted by Gasteiger charge is 2.19. The van der Waals surface area contributed by atoms with Crippen LogP contribution in [0.3, 0.4) is 0 Å². The zero-order valence-corrected chi connectivity index (χ0v) is 26.5. The maximum Gasteiger partial charge on any atom is 0.138 e. The van der Waals surface area contributed by atoms with Gasteiger partial charge in [0.2, 0.25) is 0 Å². The molecule has 0 saturated carbocycles. The topological polar surface area (TPSA) is 34.2 Å². The van der Waals surface area contributed by atoms with Crippen molar-refractivity contribution < 1.29 is 4.42 Å². The fraction of sp³-hybridized carbons (Fsp3) is 0. The van der Waals surface area contributed by atoms with Gasteiger partial charge in [-0.3, -0.25) is 4.98 Å². The molecule has 0 aliphatic rings. The molecule has 0 radical (unpaired) electrons. The van der Waals surface area contributed by atoms with Gasteiger partial charge in [0.25, 0.3) is 0 Å². The number of aromatic nitrogens is 2. The summed E-state index contributed by atoms with van der Waals surface area (Å²) in [6.07, 6.45) is 3.66. The quantitative estimate of drug-likeness (QED) is 0.190. The Balaban J connectivity index is 1.21. The van der Waals surface area contributed by atoms with Crippen LogP contribution in [0.2, 0.25) is 0 Å². The van der Waals surface area contributed by atoms with Crippen molar-refractivity contribution >= 4 is 71.6 Å². The van der Waals surface area contributed by atoms with Crippen LogP contribution in [0, 0.1) is 0 Å². The molecule has 0 spiro atoms. The monoisotopic (exact) mass is 627 g/mol. The van der Waals surface area contributed by atoms with E-state index in [0.29, 0.717) is 0 Å². The van der Waals surface area contributed by atoms with Gasteiger partial charge in [-0.05, 0) is 88.6 Å². The van der Waals surface area contributed by atoms with Crippen molar-refractivity contribution in [3.8, 4) is 16.8 Å². The number of benzene rings is 7. The Morgan fingerprint density at radius 2 is 1.20 bits per heavy atom. The molecule has 0 aliphatic heterocycles. The summed E-state index contributed by atoms with van der Waals surface area (Å²) < 4.78 is 8.59. The zero-order valence-electron chi connectivity index (χ0n) is 26.5. The number of pyridine rings is 1. The van der Waals surface area contributed by atoms with Crippen molar-refractivity contribution in [2.45, 2.75) is 0 Å². The van der Waals surface area contributed by atoms with Crippen LogP contribution in [-0.4, -0.2) is 9.55 Å². The van der Waals surface area contributed by atoms with Crippen molar-refractivity contribution in [2.75, 3.05) is 4.90 Å². The average Bonchev–Trinajstić information content (AvgIpc) is 3.71. The van der Waals surface area contributed by atoms with Gasteiger partial charge in [-0.2, -0.15) is 0 Å². The van der Waals surface area contributed by atoms with Crippen molar-refractivity contribution in [2.24, 2.45) is 0 Å². The lowest BCUT2D eigenvalue weighted by Gasteiger charge is -2.27. The van der Waals surface area contributed by atoms with E-state index < -0.39 is 0 Å². The SMILES string of the molecule is c1ccc(-c2cccc(N(c3cccc(-n4c5ccccc5c5c6ccccc6ccc54)c3)c3ccc4oc5ccncc5c4c3)c2)cc1. The molecule has 0 aliphatic carbocycles. The van der Waals surface area contributed by atoms with Gasteiger partial charge in [-0.25, -0.2) is 0 Å². The highest BCUT2D eigenvalue weighted by molar-refractivity contribution is 6.21. The third kappa shape index (κ3) is 4.42. The standard InChI is InChI=1S/C45H29N3O/c1-2-10-30(11-3-1)32-13-8-14-33(26-32)47(36-21-23-43-39(28-36)40-29-46-25-24-44(40)49-43)34-15-9-16-35(27-34)48-41-19-7-6-18-38(41)45-37-17-5-4-12-31(37)20-22-42(45)48/h1-29H. The molecule has 10 rings (SSSR count). The average molecular weight is 628 g/mol. The van der Waals surface area contributed by atoms with E-state index in [1.807, 2.05) is 12.3 Å². The molecule has 10 aromatic rings. The third-order valence-electron chi connectivity index (χ3n) is 9.63. The van der Waals surface area contributed by atoms with E-state index in [0.717, 1.165) is 50.3 Å². The maximum atomic E-state index is 6.19. The Labute approximate surface area is 282 Å². The molecule has 0 amide bonds. The van der Waals surface area contributed by atoms with Crippen molar-refractivity contribution in [3.63, 3.8) is 0 Å². The van der Waals surface area contributed by atoms with Crippen LogP contribution in [0.4, 0.5) is 17.1 Å². The predicted octanol–water partition coefficient (Wildman–Crippen LogP) is 12.4. The molecule has 230 valence electrons. The molecule has 49 heavy (non-hydrogen) atoms. The van der Waals surface area contributed by atoms with Gasteiger partial charge in [0.1, 0.15) is 11.2 Å². The van der Waals surface area contributed by atoms with Crippen LogP contribution >= 0.6 is 0 Å². The van der Waals surface area contributed by atoms with Crippen molar-refractivity contribution in [1.29, 1.82) is 0 Å². The Morgan fingerprint density at radius 3 is 2.12 bits per heavy atom. The van der Waals surface area contributed by atoms with Gasteiger partial charge < -0.3 is 13.9 Å². The largest absolute Gasteiger partial charge is 0.456 e. The first-order valence-corrected chi connectivity index (χ1v) is 16.5. The summed E-state index contributed by atoms with van der Waals surface area (Å²) in [7, 11) is 0. The molecule has 0 bridgehead atoms. The lowest BCUT2D eigenvalue weighted by Crippen LogP contribution is -2.10. The van der Waals surface area contributed by atoms with Crippen LogP contribution < -0.4 is 4.90 Å². The van der Waals surface area contributed by atoms with E-state index in [1.165, 1.54) is 38.1 Å². The number of hydrogen-bond acceptors (Lipinski definition) is 3. The molecule has 0 unspecified atom stereocenters. The predicted molar refractivity (Wildman–Crippen MR) is 203 cm³/mol. The summed E-state index contributed by atoms with van der Waals surface area (Å²) in [6, 6.07) is 58.4. The molecular weight excluding hydrogens is 599 g/mol. The summed E-state index contributed by atoms with van der Waals surface area (Å²) in [5.41, 5.74) is 10.6. The Hall–Kier alpha value is -6.65. The number of anilines is 3. The fourth-order valence-electron chi connectivity index (χ4n) is 7.44. The van der Waals surface area contributed by atoms with E-state index >= 15 is 0 Å². The first-order chi connectivity index (χ1) is 24.3. The summed E-state index contributed by atoms with van der Waals surface area (Å²) in [6.45, 7) is 0. The second-order valence-electron chi connectivity index (χ2n) is 12.5. The summed E-state index contributed by atoms with van der Waals surface area (Å²) >= 11 is 0. The van der Waals surface area contributed by atoms with Crippen LogP contribution in [0.5, 0.6) is 0 Å². The number of furan rings is 1. The fourth-order valence-corrected chi connectivity index (χ4v) is 7.44. The molecule has 0 N–H and O–H groups in total. The number of nitrogens with zero attached hydrogens (tertiary/aromatic N) is 3. The van der Waals surface area contributed by atoms with Gasteiger partial charge in [-0.15, -0.1) is 0 Å². The van der Waals surface area contributed by atoms with E-state index in [2.05, 4.69) is 172 Å². The molecule has 3 heterocycles. The molecular formula is C45H29N3O. The zero-order chi connectivity index (χ0) is 32.3. The van der Waals surface area contributed by atoms with E-state index in [1.54, 1.807) is 6.20 Å². The van der Waals surface area contributed by atoms with Gasteiger partial charge in [0.05, 0.1) is 11.0 Å². The van der Waals surface area contributed by atoms with Crippen molar-refractivity contribution in [1.82, 2.24) is 9.55 Å². The second-order valence-corrected chi connectivity index (χ2v) is 12.5. The lowest BCUT2D eigenvalue weighted by atomic mass is 10.0. The van der Waals surface area contributed by atoms with Gasteiger partial charge >= 0.3 is 0 Å². The van der Waals surface area contributed by atoms with E-state index in [9.17, 15) is 0 Å².